The number of piperidine rings is 3. The summed E-state index contributed by atoms with van der Waals surface area (Å²) >= 11 is 0. The van der Waals surface area contributed by atoms with Gasteiger partial charge in [-0.3, -0.25) is 14.2 Å². The third-order valence-electron chi connectivity index (χ3n) is 7.92. The van der Waals surface area contributed by atoms with Gasteiger partial charge in [-0.15, -0.1) is 0 Å². The highest BCUT2D eigenvalue weighted by atomic mass is 16.6. The van der Waals surface area contributed by atoms with Crippen LogP contribution < -0.4 is 4.90 Å². The van der Waals surface area contributed by atoms with Gasteiger partial charge in [-0.1, -0.05) is 78.9 Å². The zero-order valence-electron chi connectivity index (χ0n) is 20.8. The van der Waals surface area contributed by atoms with E-state index < -0.39 is 0 Å². The van der Waals surface area contributed by atoms with Crippen LogP contribution in [0.15, 0.2) is 91.0 Å². The number of amides is 1. The van der Waals surface area contributed by atoms with Gasteiger partial charge in [-0.25, -0.2) is 4.79 Å². The topological polar surface area (TPSA) is 46.6 Å². The molecule has 0 spiro atoms. The lowest BCUT2D eigenvalue weighted by Crippen LogP contribution is -2.65. The van der Waals surface area contributed by atoms with Crippen molar-refractivity contribution >= 4 is 17.6 Å². The van der Waals surface area contributed by atoms with Gasteiger partial charge in [0.15, 0.2) is 5.78 Å². The van der Waals surface area contributed by atoms with Gasteiger partial charge in [-0.2, -0.15) is 0 Å². The average molecular weight is 484 g/mol. The number of hydrogen-bond donors (Lipinski definition) is 0. The molecule has 3 saturated heterocycles. The number of hydrogen-bond acceptors (Lipinski definition) is 3. The van der Waals surface area contributed by atoms with Crippen LogP contribution in [0.3, 0.4) is 0 Å². The van der Waals surface area contributed by atoms with Crippen LogP contribution in [0.1, 0.15) is 48.0 Å². The van der Waals surface area contributed by atoms with E-state index in [1.54, 1.807) is 4.90 Å². The van der Waals surface area contributed by atoms with Gasteiger partial charge in [0, 0.05) is 43.4 Å². The molecule has 5 heteroatoms. The van der Waals surface area contributed by atoms with Crippen LogP contribution in [0, 0.1) is 5.92 Å². The number of benzene rings is 3. The lowest BCUT2D eigenvalue weighted by molar-refractivity contribution is -0.984. The maximum absolute atomic E-state index is 13.6. The van der Waals surface area contributed by atoms with E-state index in [2.05, 4.69) is 0 Å². The highest BCUT2D eigenvalue weighted by Crippen LogP contribution is 2.40. The van der Waals surface area contributed by atoms with Crippen molar-refractivity contribution in [2.24, 2.45) is 5.92 Å². The van der Waals surface area contributed by atoms with E-state index >= 15 is 0 Å². The first-order valence-corrected chi connectivity index (χ1v) is 13.1. The highest BCUT2D eigenvalue weighted by molar-refractivity contribution is 5.95. The Kier molecular flexibility index (Phi) is 7.47. The summed E-state index contributed by atoms with van der Waals surface area (Å²) in [5.41, 5.74) is 2.67. The Bertz CT molecular complexity index is 1140. The van der Waals surface area contributed by atoms with Crippen molar-refractivity contribution in [3.8, 4) is 0 Å². The molecule has 1 atom stereocenters. The van der Waals surface area contributed by atoms with Crippen molar-refractivity contribution in [2.75, 3.05) is 24.5 Å². The maximum Gasteiger partial charge on any atom is 0.419 e. The smallest absolute Gasteiger partial charge is 0.396 e. The van der Waals surface area contributed by atoms with Gasteiger partial charge in [0.05, 0.1) is 26.2 Å². The second kappa shape index (κ2) is 11.1. The number of ketones is 1. The van der Waals surface area contributed by atoms with Crippen LogP contribution in [0.5, 0.6) is 0 Å². The largest absolute Gasteiger partial charge is 0.419 e. The van der Waals surface area contributed by atoms with E-state index in [9.17, 15) is 9.59 Å². The van der Waals surface area contributed by atoms with Gasteiger partial charge in [0.1, 0.15) is 0 Å². The minimum Gasteiger partial charge on any atom is -0.396 e. The number of rotatable bonds is 9. The van der Waals surface area contributed by atoms with Crippen molar-refractivity contribution in [3.05, 3.63) is 102 Å². The number of para-hydroxylation sites is 1. The van der Waals surface area contributed by atoms with Gasteiger partial charge in [0.25, 0.3) is 0 Å². The fourth-order valence-electron chi connectivity index (χ4n) is 5.83. The number of quaternary nitrogens is 1. The number of Topliss-reactive ketones (excluding diaryl/α,β-unsaturated/α-hetero) is 1. The summed E-state index contributed by atoms with van der Waals surface area (Å²) in [5.74, 6) is 0.806. The molecule has 3 aliphatic heterocycles. The molecule has 5 nitrogen and oxygen atoms in total. The van der Waals surface area contributed by atoms with E-state index in [4.69, 9.17) is 4.74 Å². The molecule has 0 saturated carbocycles. The molecular formula is C31H35N2O3+. The Morgan fingerprint density at radius 3 is 2.11 bits per heavy atom. The molecule has 0 N–H and O–H groups in total. The highest BCUT2D eigenvalue weighted by Gasteiger charge is 2.49. The van der Waals surface area contributed by atoms with E-state index in [1.807, 2.05) is 91.0 Å². The first-order chi connectivity index (χ1) is 17.6. The van der Waals surface area contributed by atoms with Crippen molar-refractivity contribution < 1.29 is 18.8 Å². The fraction of sp³-hybridized carbons (Fsp3) is 0.355. The molecule has 3 aromatic carbocycles. The van der Waals surface area contributed by atoms with E-state index in [0.717, 1.165) is 53.8 Å². The fourth-order valence-corrected chi connectivity index (χ4v) is 5.83. The number of carbonyl (C=O) groups excluding carboxylic acids is 2. The van der Waals surface area contributed by atoms with Crippen LogP contribution in [-0.2, 0) is 11.3 Å². The van der Waals surface area contributed by atoms with Crippen LogP contribution in [0.4, 0.5) is 10.5 Å². The third-order valence-corrected chi connectivity index (χ3v) is 7.92. The van der Waals surface area contributed by atoms with Crippen LogP contribution in [0.2, 0.25) is 0 Å². The van der Waals surface area contributed by atoms with Crippen molar-refractivity contribution in [2.45, 2.75) is 44.9 Å². The first-order valence-electron chi connectivity index (χ1n) is 13.1. The Balaban J connectivity index is 1.28. The molecule has 3 aromatic rings. The van der Waals surface area contributed by atoms with Crippen molar-refractivity contribution in [3.63, 3.8) is 0 Å². The maximum atomic E-state index is 13.6. The zero-order valence-corrected chi connectivity index (χ0v) is 20.8. The standard InChI is InChI=1S/C31H35N2O3/c34-29(27-13-6-2-7-14-27)17-10-20-33-21-18-25(19-22-33)23-30(33)36-31(35)32(28-15-8-3-9-16-28)24-26-11-4-1-5-12-26/h1-9,11-16,25,30H,10,17-24H2/q+1. The lowest BCUT2D eigenvalue weighted by atomic mass is 9.84. The Hall–Kier alpha value is -3.44. The van der Waals surface area contributed by atoms with Gasteiger partial charge in [-0.05, 0) is 23.6 Å². The summed E-state index contributed by atoms with van der Waals surface area (Å²) < 4.78 is 7.12. The molecule has 6 rings (SSSR count). The molecule has 1 amide bonds. The molecule has 3 fully saturated rings. The Morgan fingerprint density at radius 2 is 1.44 bits per heavy atom. The second-order valence-electron chi connectivity index (χ2n) is 10.2. The molecular weight excluding hydrogens is 448 g/mol. The van der Waals surface area contributed by atoms with Gasteiger partial charge in [0.2, 0.25) is 6.23 Å². The summed E-state index contributed by atoms with van der Waals surface area (Å²) in [6, 6.07) is 29.3. The average Bonchev–Trinajstić information content (AvgIpc) is 2.94. The molecule has 0 aromatic heterocycles. The SMILES string of the molecule is O=C(CCC[N+]12CCC(CC1)CC2OC(=O)N(Cc1ccccc1)c1ccccc1)c1ccccc1. The second-order valence-corrected chi connectivity index (χ2v) is 10.2. The van der Waals surface area contributed by atoms with E-state index in [1.165, 1.54) is 12.8 Å². The number of ether oxygens (including phenoxy) is 1. The minimum atomic E-state index is -0.291. The molecule has 0 radical (unpaired) electrons. The summed E-state index contributed by atoms with van der Waals surface area (Å²) in [4.78, 5) is 28.1. The Morgan fingerprint density at radius 1 is 0.833 bits per heavy atom. The molecule has 2 bridgehead atoms. The number of anilines is 1. The monoisotopic (exact) mass is 483 g/mol. The first kappa shape index (κ1) is 24.3. The number of nitrogens with zero attached hydrogens (tertiary/aromatic N) is 2. The predicted octanol–water partition coefficient (Wildman–Crippen LogP) is 6.45. The lowest BCUT2D eigenvalue weighted by Gasteiger charge is -2.53. The van der Waals surface area contributed by atoms with Crippen LogP contribution in [-0.4, -0.2) is 42.2 Å². The summed E-state index contributed by atoms with van der Waals surface area (Å²) in [5, 5.41) is 0. The summed E-state index contributed by atoms with van der Waals surface area (Å²) in [6.07, 6.45) is 4.14. The molecule has 0 aliphatic carbocycles. The van der Waals surface area contributed by atoms with Crippen molar-refractivity contribution in [1.82, 2.24) is 0 Å². The molecule has 3 aliphatic rings. The van der Waals surface area contributed by atoms with Gasteiger partial charge >= 0.3 is 6.09 Å². The van der Waals surface area contributed by atoms with Crippen molar-refractivity contribution in [1.29, 1.82) is 0 Å². The minimum absolute atomic E-state index is 0.154. The molecule has 3 heterocycles. The van der Waals surface area contributed by atoms with Gasteiger partial charge < -0.3 is 4.74 Å². The van der Waals surface area contributed by atoms with Crippen LogP contribution in [0.25, 0.3) is 0 Å². The Labute approximate surface area is 213 Å². The predicted molar refractivity (Wildman–Crippen MR) is 142 cm³/mol. The number of carbonyl (C=O) groups is 2. The van der Waals surface area contributed by atoms with E-state index in [-0.39, 0.29) is 18.1 Å². The third kappa shape index (κ3) is 5.52. The van der Waals surface area contributed by atoms with Crippen LogP contribution >= 0.6 is 0 Å². The summed E-state index contributed by atoms with van der Waals surface area (Å²) in [6.45, 7) is 3.37. The molecule has 1 unspecified atom stereocenters. The summed E-state index contributed by atoms with van der Waals surface area (Å²) in [7, 11) is 0. The quantitative estimate of drug-likeness (QED) is 0.260. The zero-order chi connectivity index (χ0) is 24.8. The normalized spacial score (nSPS) is 22.7. The molecule has 36 heavy (non-hydrogen) atoms. The number of fused-ring (bicyclic) bond motifs is 3. The molecule has 186 valence electrons. The van der Waals surface area contributed by atoms with E-state index in [0.29, 0.717) is 18.9 Å².